The second-order valence-corrected chi connectivity index (χ2v) is 5.50. The van der Waals surface area contributed by atoms with Crippen LogP contribution < -0.4 is 11.1 Å². The summed E-state index contributed by atoms with van der Waals surface area (Å²) >= 11 is 0. The maximum absolute atomic E-state index is 11.9. The number of aromatic nitrogens is 2. The van der Waals surface area contributed by atoms with Gasteiger partial charge in [-0.3, -0.25) is 0 Å². The summed E-state index contributed by atoms with van der Waals surface area (Å²) in [5.74, 6) is 1.01. The fourth-order valence-corrected chi connectivity index (χ4v) is 2.91. The number of methoxy groups -OCH3 is 1. The normalized spacial score (nSPS) is 18.8. The number of pyridine rings is 1. The lowest BCUT2D eigenvalue weighted by molar-refractivity contribution is 0.0596. The van der Waals surface area contributed by atoms with Crippen molar-refractivity contribution in [3.63, 3.8) is 0 Å². The van der Waals surface area contributed by atoms with Crippen molar-refractivity contribution in [2.24, 2.45) is 5.92 Å². The second kappa shape index (κ2) is 5.73. The second-order valence-electron chi connectivity index (χ2n) is 5.50. The molecule has 21 heavy (non-hydrogen) atoms. The van der Waals surface area contributed by atoms with Gasteiger partial charge >= 0.3 is 5.97 Å². The van der Waals surface area contributed by atoms with Gasteiger partial charge in [0.2, 0.25) is 0 Å². The number of fused-ring (bicyclic) bond motifs is 1. The maximum Gasteiger partial charge on any atom is 0.358 e. The van der Waals surface area contributed by atoms with E-state index in [2.05, 4.69) is 10.3 Å². The van der Waals surface area contributed by atoms with Crippen LogP contribution >= 0.6 is 0 Å². The van der Waals surface area contributed by atoms with E-state index < -0.39 is 5.97 Å². The fourth-order valence-electron chi connectivity index (χ4n) is 2.91. The highest BCUT2D eigenvalue weighted by Gasteiger charge is 2.21. The molecule has 1 aliphatic heterocycles. The Balaban J connectivity index is 1.99. The number of carbonyl (C=O) groups excluding carboxylic acids is 1. The van der Waals surface area contributed by atoms with E-state index in [0.717, 1.165) is 25.3 Å². The summed E-state index contributed by atoms with van der Waals surface area (Å²) in [5.41, 5.74) is 7.48. The Labute approximate surface area is 123 Å². The zero-order chi connectivity index (χ0) is 14.8. The van der Waals surface area contributed by atoms with Crippen molar-refractivity contribution in [3.8, 4) is 0 Å². The summed E-state index contributed by atoms with van der Waals surface area (Å²) in [4.78, 5) is 16.4. The van der Waals surface area contributed by atoms with Gasteiger partial charge in [-0.2, -0.15) is 0 Å². The van der Waals surface area contributed by atoms with Gasteiger partial charge in [0.15, 0.2) is 5.69 Å². The molecule has 0 radical (unpaired) electrons. The van der Waals surface area contributed by atoms with Gasteiger partial charge in [0, 0.05) is 18.3 Å². The van der Waals surface area contributed by atoms with Gasteiger partial charge < -0.3 is 20.2 Å². The molecule has 3 N–H and O–H groups in total. The first-order valence-corrected chi connectivity index (χ1v) is 7.24. The number of nitrogens with zero attached hydrogens (tertiary/aromatic N) is 2. The zero-order valence-corrected chi connectivity index (χ0v) is 12.1. The summed E-state index contributed by atoms with van der Waals surface area (Å²) in [5, 5.41) is 3.40. The summed E-state index contributed by atoms with van der Waals surface area (Å²) in [6.07, 6.45) is 5.08. The van der Waals surface area contributed by atoms with E-state index in [0.29, 0.717) is 22.8 Å². The van der Waals surface area contributed by atoms with Crippen LogP contribution in [-0.4, -0.2) is 35.6 Å². The lowest BCUT2D eigenvalue weighted by atomic mass is 9.96. The molecule has 0 saturated carbocycles. The smallest absolute Gasteiger partial charge is 0.358 e. The number of hydrogen-bond donors (Lipinski definition) is 2. The van der Waals surface area contributed by atoms with Crippen LogP contribution in [-0.2, 0) is 11.2 Å². The van der Waals surface area contributed by atoms with E-state index >= 15 is 0 Å². The highest BCUT2D eigenvalue weighted by atomic mass is 16.5. The first-order valence-electron chi connectivity index (χ1n) is 7.24. The Bertz CT molecular complexity index is 659. The largest absolute Gasteiger partial charge is 0.464 e. The molecule has 0 spiro atoms. The molecule has 0 amide bonds. The zero-order valence-electron chi connectivity index (χ0n) is 12.1. The number of ether oxygens (including phenoxy) is 1. The number of nitrogen functional groups attached to an aromatic ring is 1. The molecule has 1 saturated heterocycles. The minimum atomic E-state index is -0.425. The quantitative estimate of drug-likeness (QED) is 0.831. The number of rotatable bonds is 3. The molecule has 0 bridgehead atoms. The Morgan fingerprint density at radius 3 is 3.19 bits per heavy atom. The fraction of sp³-hybridized carbons (Fsp3) is 0.467. The van der Waals surface area contributed by atoms with Gasteiger partial charge in [0.25, 0.3) is 0 Å². The number of nitrogens with one attached hydrogen (secondary N) is 1. The molecule has 1 atom stereocenters. The van der Waals surface area contributed by atoms with Crippen molar-refractivity contribution in [3.05, 3.63) is 29.8 Å². The highest BCUT2D eigenvalue weighted by molar-refractivity contribution is 5.95. The van der Waals surface area contributed by atoms with Crippen molar-refractivity contribution < 1.29 is 9.53 Å². The van der Waals surface area contributed by atoms with Crippen LogP contribution in [0.5, 0.6) is 0 Å². The van der Waals surface area contributed by atoms with E-state index in [-0.39, 0.29) is 0 Å². The number of hydrogen-bond acceptors (Lipinski definition) is 5. The number of anilines is 1. The van der Waals surface area contributed by atoms with Gasteiger partial charge in [-0.1, -0.05) is 0 Å². The molecule has 112 valence electrons. The van der Waals surface area contributed by atoms with E-state index in [1.807, 2.05) is 16.7 Å². The predicted molar refractivity (Wildman–Crippen MR) is 80.2 cm³/mol. The number of carbonyl (C=O) groups is 1. The maximum atomic E-state index is 11.9. The van der Waals surface area contributed by atoms with Gasteiger partial charge in [0.1, 0.15) is 5.82 Å². The molecule has 2 aromatic rings. The van der Waals surface area contributed by atoms with Crippen molar-refractivity contribution in [1.29, 1.82) is 0 Å². The molecule has 3 heterocycles. The van der Waals surface area contributed by atoms with Gasteiger partial charge in [-0.25, -0.2) is 9.78 Å². The topological polar surface area (TPSA) is 81.6 Å². The van der Waals surface area contributed by atoms with Crippen LogP contribution in [0.4, 0.5) is 5.69 Å². The van der Waals surface area contributed by atoms with Crippen LogP contribution in [0.2, 0.25) is 0 Å². The Morgan fingerprint density at radius 2 is 2.48 bits per heavy atom. The third kappa shape index (κ3) is 2.71. The van der Waals surface area contributed by atoms with Gasteiger partial charge in [-0.15, -0.1) is 0 Å². The van der Waals surface area contributed by atoms with Crippen LogP contribution in [0.1, 0.15) is 29.2 Å². The SMILES string of the molecule is COC(=O)c1nc(CC2CCCNC2)n2ccc(N)cc12. The molecular weight excluding hydrogens is 268 g/mol. The lowest BCUT2D eigenvalue weighted by Gasteiger charge is -2.21. The minimum Gasteiger partial charge on any atom is -0.464 e. The first kappa shape index (κ1) is 13.9. The summed E-state index contributed by atoms with van der Waals surface area (Å²) in [7, 11) is 1.37. The third-order valence-corrected chi connectivity index (χ3v) is 3.99. The van der Waals surface area contributed by atoms with Crippen molar-refractivity contribution in [2.45, 2.75) is 19.3 Å². The van der Waals surface area contributed by atoms with Crippen molar-refractivity contribution >= 4 is 17.2 Å². The van der Waals surface area contributed by atoms with Gasteiger partial charge in [-0.05, 0) is 44.0 Å². The molecule has 1 fully saturated rings. The monoisotopic (exact) mass is 288 g/mol. The molecule has 1 aliphatic rings. The molecule has 2 aromatic heterocycles. The van der Waals surface area contributed by atoms with Crippen molar-refractivity contribution in [2.75, 3.05) is 25.9 Å². The van der Waals surface area contributed by atoms with E-state index in [1.54, 1.807) is 6.07 Å². The lowest BCUT2D eigenvalue weighted by Crippen LogP contribution is -2.31. The standard InChI is InChI=1S/C15H20N4O2/c1-21-15(20)14-12-8-11(16)4-6-19(12)13(18-14)7-10-3-2-5-17-9-10/h4,6,8,10,17H,2-3,5,7,9,16H2,1H3. The first-order chi connectivity index (χ1) is 10.2. The number of nitrogens with two attached hydrogens (primary N) is 1. The molecule has 1 unspecified atom stereocenters. The summed E-state index contributed by atoms with van der Waals surface area (Å²) in [6.45, 7) is 2.08. The van der Waals surface area contributed by atoms with Crippen LogP contribution in [0, 0.1) is 5.92 Å². The van der Waals surface area contributed by atoms with Crippen LogP contribution in [0.15, 0.2) is 18.3 Å². The van der Waals surface area contributed by atoms with Gasteiger partial charge in [0.05, 0.1) is 12.6 Å². The number of piperidine rings is 1. The third-order valence-electron chi connectivity index (χ3n) is 3.99. The Hall–Kier alpha value is -2.08. The number of esters is 1. The number of imidazole rings is 1. The Kier molecular flexibility index (Phi) is 3.79. The molecule has 6 heteroatoms. The highest BCUT2D eigenvalue weighted by Crippen LogP contribution is 2.21. The molecule has 3 rings (SSSR count). The van der Waals surface area contributed by atoms with E-state index in [1.165, 1.54) is 20.0 Å². The predicted octanol–water partition coefficient (Wildman–Crippen LogP) is 1.25. The summed E-state index contributed by atoms with van der Waals surface area (Å²) in [6, 6.07) is 3.58. The van der Waals surface area contributed by atoms with Crippen molar-refractivity contribution in [1.82, 2.24) is 14.7 Å². The van der Waals surface area contributed by atoms with Crippen LogP contribution in [0.3, 0.4) is 0 Å². The minimum absolute atomic E-state index is 0.337. The average molecular weight is 288 g/mol. The Morgan fingerprint density at radius 1 is 1.62 bits per heavy atom. The van der Waals surface area contributed by atoms with E-state index in [4.69, 9.17) is 10.5 Å². The molecule has 0 aromatic carbocycles. The molecule has 6 nitrogen and oxygen atoms in total. The van der Waals surface area contributed by atoms with Crippen LogP contribution in [0.25, 0.3) is 5.52 Å². The molecular formula is C15H20N4O2. The molecule has 0 aliphatic carbocycles. The average Bonchev–Trinajstić information content (AvgIpc) is 2.85. The van der Waals surface area contributed by atoms with E-state index in [9.17, 15) is 4.79 Å². The summed E-state index contributed by atoms with van der Waals surface area (Å²) < 4.78 is 6.76.